The molecule has 0 bridgehead atoms. The van der Waals surface area contributed by atoms with E-state index in [9.17, 15) is 4.79 Å². The Balaban J connectivity index is 2.29. The van der Waals surface area contributed by atoms with E-state index >= 15 is 0 Å². The van der Waals surface area contributed by atoms with Crippen LogP contribution in [0.1, 0.15) is 45.4 Å². The van der Waals surface area contributed by atoms with Gasteiger partial charge in [0.15, 0.2) is 0 Å². The van der Waals surface area contributed by atoms with E-state index in [1.165, 1.54) is 25.7 Å². The van der Waals surface area contributed by atoms with E-state index in [0.29, 0.717) is 6.04 Å². The molecule has 13 heavy (non-hydrogen) atoms. The van der Waals surface area contributed by atoms with Crippen LogP contribution in [0.2, 0.25) is 0 Å². The maximum Gasteiger partial charge on any atom is 0.243 e. The summed E-state index contributed by atoms with van der Waals surface area (Å²) in [6, 6.07) is 0.422. The molecule has 1 rings (SSSR count). The Hall–Kier alpha value is -0.790. The van der Waals surface area contributed by atoms with Crippen LogP contribution in [0.5, 0.6) is 0 Å². The van der Waals surface area contributed by atoms with Crippen LogP contribution < -0.4 is 5.32 Å². The quantitative estimate of drug-likeness (QED) is 0.514. The number of carbonyl (C=O) groups excluding carboxylic acids is 1. The lowest BCUT2D eigenvalue weighted by molar-refractivity contribution is -0.117. The van der Waals surface area contributed by atoms with Gasteiger partial charge in [0.05, 0.1) is 0 Å². The second-order valence-corrected chi connectivity index (χ2v) is 3.70. The van der Waals surface area contributed by atoms with Crippen molar-refractivity contribution >= 4 is 5.91 Å². The molecule has 74 valence electrons. The number of hydrogen-bond donors (Lipinski definition) is 1. The molecule has 1 N–H and O–H groups in total. The third-order valence-electron chi connectivity index (χ3n) is 2.52. The van der Waals surface area contributed by atoms with Crippen LogP contribution in [0.4, 0.5) is 0 Å². The van der Waals surface area contributed by atoms with Gasteiger partial charge in [-0.15, -0.1) is 0 Å². The van der Waals surface area contributed by atoms with E-state index < -0.39 is 0 Å². The second kappa shape index (κ2) is 5.79. The summed E-state index contributed by atoms with van der Waals surface area (Å²) in [5.41, 5.74) is 0. The van der Waals surface area contributed by atoms with Gasteiger partial charge in [0.2, 0.25) is 5.91 Å². The molecule has 1 amide bonds. The zero-order valence-electron chi connectivity index (χ0n) is 8.38. The van der Waals surface area contributed by atoms with Crippen LogP contribution in [-0.2, 0) is 4.79 Å². The average Bonchev–Trinajstić information content (AvgIpc) is 2.33. The standard InChI is InChI=1S/C11H19NO/c1-2-7-11(13)12-10-8-5-3-4-6-9-10/h2,7,10H,3-6,8-9H2,1H3,(H,12,13). The highest BCUT2D eigenvalue weighted by Gasteiger charge is 2.12. The number of nitrogens with one attached hydrogen (secondary N) is 1. The summed E-state index contributed by atoms with van der Waals surface area (Å²) in [7, 11) is 0. The lowest BCUT2D eigenvalue weighted by Crippen LogP contribution is -2.32. The number of carbonyl (C=O) groups is 1. The largest absolute Gasteiger partial charge is 0.350 e. The van der Waals surface area contributed by atoms with Gasteiger partial charge in [0, 0.05) is 6.04 Å². The maximum absolute atomic E-state index is 11.2. The van der Waals surface area contributed by atoms with Crippen LogP contribution >= 0.6 is 0 Å². The smallest absolute Gasteiger partial charge is 0.243 e. The molecule has 1 saturated carbocycles. The lowest BCUT2D eigenvalue weighted by atomic mass is 10.1. The molecule has 0 aromatic heterocycles. The molecule has 0 aromatic carbocycles. The Morgan fingerprint density at radius 1 is 1.23 bits per heavy atom. The Morgan fingerprint density at radius 2 is 1.85 bits per heavy atom. The van der Waals surface area contributed by atoms with Gasteiger partial charge in [0.1, 0.15) is 0 Å². The van der Waals surface area contributed by atoms with Crippen molar-refractivity contribution < 1.29 is 4.79 Å². The van der Waals surface area contributed by atoms with Crippen molar-refractivity contribution in [3.05, 3.63) is 12.2 Å². The molecule has 0 unspecified atom stereocenters. The van der Waals surface area contributed by atoms with E-state index in [4.69, 9.17) is 0 Å². The van der Waals surface area contributed by atoms with E-state index in [2.05, 4.69) is 5.32 Å². The Bertz CT molecular complexity index is 179. The first-order chi connectivity index (χ1) is 6.33. The summed E-state index contributed by atoms with van der Waals surface area (Å²) in [5.74, 6) is 0.0643. The monoisotopic (exact) mass is 181 g/mol. The molecule has 0 aliphatic heterocycles. The number of hydrogen-bond acceptors (Lipinski definition) is 1. The van der Waals surface area contributed by atoms with Gasteiger partial charge < -0.3 is 5.32 Å². The topological polar surface area (TPSA) is 29.1 Å². The highest BCUT2D eigenvalue weighted by molar-refractivity contribution is 5.87. The van der Waals surface area contributed by atoms with Gasteiger partial charge in [-0.25, -0.2) is 0 Å². The van der Waals surface area contributed by atoms with Gasteiger partial charge >= 0.3 is 0 Å². The normalized spacial score (nSPS) is 20.1. The molecule has 0 saturated heterocycles. The van der Waals surface area contributed by atoms with Crippen molar-refractivity contribution in [1.82, 2.24) is 5.32 Å². The molecule has 1 aliphatic carbocycles. The van der Waals surface area contributed by atoms with Crippen LogP contribution in [0.25, 0.3) is 0 Å². The van der Waals surface area contributed by atoms with Crippen molar-refractivity contribution in [3.63, 3.8) is 0 Å². The molecule has 0 radical (unpaired) electrons. The minimum atomic E-state index is 0.0643. The zero-order chi connectivity index (χ0) is 9.52. The Kier molecular flexibility index (Phi) is 4.58. The van der Waals surface area contributed by atoms with Crippen LogP contribution in [0.15, 0.2) is 12.2 Å². The zero-order valence-corrected chi connectivity index (χ0v) is 8.38. The SMILES string of the molecule is CC=CC(=O)NC1CCCCCC1. The van der Waals surface area contributed by atoms with Gasteiger partial charge in [-0.2, -0.15) is 0 Å². The van der Waals surface area contributed by atoms with Crippen molar-refractivity contribution in [2.75, 3.05) is 0 Å². The summed E-state index contributed by atoms with van der Waals surface area (Å²) in [5, 5.41) is 3.03. The fraction of sp³-hybridized carbons (Fsp3) is 0.727. The van der Waals surface area contributed by atoms with E-state index in [0.717, 1.165) is 12.8 Å². The van der Waals surface area contributed by atoms with Gasteiger partial charge in [-0.1, -0.05) is 31.8 Å². The molecule has 0 heterocycles. The first kappa shape index (κ1) is 10.3. The van der Waals surface area contributed by atoms with E-state index in [-0.39, 0.29) is 5.91 Å². The molecule has 2 nitrogen and oxygen atoms in total. The van der Waals surface area contributed by atoms with Crippen molar-refractivity contribution in [1.29, 1.82) is 0 Å². The second-order valence-electron chi connectivity index (χ2n) is 3.70. The van der Waals surface area contributed by atoms with Gasteiger partial charge in [0.25, 0.3) is 0 Å². The molecular weight excluding hydrogens is 162 g/mol. The van der Waals surface area contributed by atoms with Crippen molar-refractivity contribution in [2.45, 2.75) is 51.5 Å². The first-order valence-corrected chi connectivity index (χ1v) is 5.26. The first-order valence-electron chi connectivity index (χ1n) is 5.26. The fourth-order valence-electron chi connectivity index (χ4n) is 1.82. The maximum atomic E-state index is 11.2. The molecule has 0 aromatic rings. The summed E-state index contributed by atoms with van der Waals surface area (Å²) >= 11 is 0. The van der Waals surface area contributed by atoms with Crippen LogP contribution in [-0.4, -0.2) is 11.9 Å². The van der Waals surface area contributed by atoms with Crippen LogP contribution in [0, 0.1) is 0 Å². The lowest BCUT2D eigenvalue weighted by Gasteiger charge is -2.14. The van der Waals surface area contributed by atoms with E-state index in [1.807, 2.05) is 6.92 Å². The highest BCUT2D eigenvalue weighted by Crippen LogP contribution is 2.16. The minimum Gasteiger partial charge on any atom is -0.350 e. The fourth-order valence-corrected chi connectivity index (χ4v) is 1.82. The van der Waals surface area contributed by atoms with E-state index in [1.54, 1.807) is 12.2 Å². The molecular formula is C11H19NO. The molecule has 2 heteroatoms. The highest BCUT2D eigenvalue weighted by atomic mass is 16.1. The summed E-state index contributed by atoms with van der Waals surface area (Å²) in [4.78, 5) is 11.2. The van der Waals surface area contributed by atoms with Crippen molar-refractivity contribution in [3.8, 4) is 0 Å². The predicted molar refractivity (Wildman–Crippen MR) is 54.4 cm³/mol. The number of amides is 1. The summed E-state index contributed by atoms with van der Waals surface area (Å²) < 4.78 is 0. The van der Waals surface area contributed by atoms with Gasteiger partial charge in [-0.3, -0.25) is 4.79 Å². The number of allylic oxidation sites excluding steroid dienone is 1. The minimum absolute atomic E-state index is 0.0643. The Labute approximate surface area is 80.4 Å². The van der Waals surface area contributed by atoms with Gasteiger partial charge in [-0.05, 0) is 25.8 Å². The molecule has 0 atom stereocenters. The molecule has 0 spiro atoms. The predicted octanol–water partition coefficient (Wildman–Crippen LogP) is 2.40. The van der Waals surface area contributed by atoms with Crippen LogP contribution in [0.3, 0.4) is 0 Å². The van der Waals surface area contributed by atoms with Crippen molar-refractivity contribution in [2.24, 2.45) is 0 Å². The number of rotatable bonds is 2. The molecule has 1 aliphatic rings. The summed E-state index contributed by atoms with van der Waals surface area (Å²) in [6.07, 6.45) is 10.9. The third kappa shape index (κ3) is 4.11. The molecule has 1 fully saturated rings. The third-order valence-corrected chi connectivity index (χ3v) is 2.52. The summed E-state index contributed by atoms with van der Waals surface area (Å²) in [6.45, 7) is 1.87. The Morgan fingerprint density at radius 3 is 2.38 bits per heavy atom. The average molecular weight is 181 g/mol.